The number of rotatable bonds is 6. The molecule has 0 unspecified atom stereocenters. The first-order chi connectivity index (χ1) is 17.8. The molecule has 3 heterocycles. The molecule has 3 aromatic rings. The molecule has 2 fully saturated rings. The number of fused-ring (bicyclic) bond motifs is 1. The predicted molar refractivity (Wildman–Crippen MR) is 145 cm³/mol. The maximum atomic E-state index is 13.8. The summed E-state index contributed by atoms with van der Waals surface area (Å²) in [6.07, 6.45) is 7.47. The van der Waals surface area contributed by atoms with Gasteiger partial charge < -0.3 is 14.4 Å². The van der Waals surface area contributed by atoms with Crippen molar-refractivity contribution in [2.45, 2.75) is 64.0 Å². The van der Waals surface area contributed by atoms with Crippen LogP contribution in [0.2, 0.25) is 5.15 Å². The molecule has 0 atom stereocenters. The van der Waals surface area contributed by atoms with Crippen molar-refractivity contribution in [3.63, 3.8) is 0 Å². The van der Waals surface area contributed by atoms with E-state index in [1.165, 1.54) is 29.9 Å². The normalized spacial score (nSPS) is 19.9. The Bertz CT molecular complexity index is 1420. The van der Waals surface area contributed by atoms with E-state index in [4.69, 9.17) is 11.6 Å². The molecule has 194 valence electrons. The summed E-state index contributed by atoms with van der Waals surface area (Å²) in [6.45, 7) is 2.86. The predicted octanol–water partition coefficient (Wildman–Crippen LogP) is 5.36. The highest BCUT2D eigenvalue weighted by Crippen LogP contribution is 2.37. The van der Waals surface area contributed by atoms with Gasteiger partial charge in [-0.1, -0.05) is 18.0 Å². The van der Waals surface area contributed by atoms with Crippen LogP contribution in [0.4, 0.5) is 15.8 Å². The van der Waals surface area contributed by atoms with Gasteiger partial charge in [-0.25, -0.2) is 9.97 Å². The third-order valence-corrected chi connectivity index (χ3v) is 8.52. The minimum Gasteiger partial charge on any atom is -0.369 e. The van der Waals surface area contributed by atoms with Crippen LogP contribution < -0.4 is 15.4 Å². The number of pyridine rings is 3. The van der Waals surface area contributed by atoms with Crippen LogP contribution in [0.25, 0.3) is 11.0 Å². The second kappa shape index (κ2) is 10.3. The lowest BCUT2D eigenvalue weighted by Crippen LogP contribution is -2.46. The first kappa shape index (κ1) is 25.5. The number of anilines is 2. The third-order valence-electron chi connectivity index (χ3n) is 8.31. The minimum atomic E-state index is -0.446. The van der Waals surface area contributed by atoms with E-state index in [-0.39, 0.29) is 17.2 Å². The van der Waals surface area contributed by atoms with Crippen LogP contribution >= 0.6 is 11.6 Å². The van der Waals surface area contributed by atoms with Gasteiger partial charge >= 0.3 is 0 Å². The van der Waals surface area contributed by atoms with Gasteiger partial charge in [0.1, 0.15) is 22.3 Å². The number of halogens is 2. The van der Waals surface area contributed by atoms with Crippen molar-refractivity contribution in [2.75, 3.05) is 23.4 Å². The lowest BCUT2D eigenvalue weighted by molar-refractivity contribution is 0.290. The summed E-state index contributed by atoms with van der Waals surface area (Å²) in [7, 11) is 3.60. The molecule has 0 radical (unpaired) electrons. The molecule has 0 aromatic carbocycles. The second-order valence-corrected chi connectivity index (χ2v) is 10.8. The fraction of sp³-hybridized carbons (Fsp3) is 0.500. The first-order valence-corrected chi connectivity index (χ1v) is 13.4. The summed E-state index contributed by atoms with van der Waals surface area (Å²) in [6, 6.07) is 9.37. The zero-order valence-corrected chi connectivity index (χ0v) is 22.3. The SMILES string of the molecule is Cc1nc(F)ccc1N(CC1CCC1)[C@H]1CC[C@H](N(C)c2c(C#N)c(=O)n(C)c3ccc(Cl)nc23)CC1. The summed E-state index contributed by atoms with van der Waals surface area (Å²) in [5.41, 5.74) is 3.27. The Balaban J connectivity index is 1.42. The molecule has 2 saturated carbocycles. The molecular weight excluding hydrogens is 491 g/mol. The molecule has 7 nitrogen and oxygen atoms in total. The van der Waals surface area contributed by atoms with E-state index in [0.29, 0.717) is 33.8 Å². The first-order valence-electron chi connectivity index (χ1n) is 13.0. The van der Waals surface area contributed by atoms with Crippen molar-refractivity contribution >= 4 is 34.0 Å². The Kier molecular flexibility index (Phi) is 7.09. The number of hydrogen-bond donors (Lipinski definition) is 0. The van der Waals surface area contributed by atoms with Gasteiger partial charge in [0.15, 0.2) is 0 Å². The van der Waals surface area contributed by atoms with Crippen molar-refractivity contribution in [2.24, 2.45) is 13.0 Å². The highest BCUT2D eigenvalue weighted by molar-refractivity contribution is 6.29. The fourth-order valence-corrected chi connectivity index (χ4v) is 6.13. The topological polar surface area (TPSA) is 78.0 Å². The third kappa shape index (κ3) is 4.77. The zero-order valence-electron chi connectivity index (χ0n) is 21.5. The molecule has 2 aliphatic carbocycles. The molecule has 2 aliphatic rings. The summed E-state index contributed by atoms with van der Waals surface area (Å²) in [5, 5.41) is 10.2. The molecule has 3 aromatic heterocycles. The Hall–Kier alpha value is -3.18. The average Bonchev–Trinajstić information content (AvgIpc) is 2.86. The summed E-state index contributed by atoms with van der Waals surface area (Å²) in [5.74, 6) is 0.226. The average molecular weight is 523 g/mol. The number of aromatic nitrogens is 3. The second-order valence-electron chi connectivity index (χ2n) is 10.5. The van der Waals surface area contributed by atoms with Gasteiger partial charge in [-0.2, -0.15) is 9.65 Å². The van der Waals surface area contributed by atoms with Crippen LogP contribution in [0.1, 0.15) is 56.2 Å². The molecular formula is C28H32ClFN6O. The zero-order chi connectivity index (χ0) is 26.3. The van der Waals surface area contributed by atoms with Gasteiger partial charge in [-0.3, -0.25) is 4.79 Å². The molecule has 0 bridgehead atoms. The van der Waals surface area contributed by atoms with Crippen molar-refractivity contribution in [1.82, 2.24) is 14.5 Å². The quantitative estimate of drug-likeness (QED) is 0.406. The summed E-state index contributed by atoms with van der Waals surface area (Å²) < 4.78 is 15.2. The maximum absolute atomic E-state index is 13.8. The van der Waals surface area contributed by atoms with Gasteiger partial charge in [0, 0.05) is 32.7 Å². The van der Waals surface area contributed by atoms with E-state index < -0.39 is 5.95 Å². The van der Waals surface area contributed by atoms with E-state index in [1.54, 1.807) is 19.2 Å². The minimum absolute atomic E-state index is 0.0917. The summed E-state index contributed by atoms with van der Waals surface area (Å²) in [4.78, 5) is 26.1. The molecule has 0 N–H and O–H groups in total. The van der Waals surface area contributed by atoms with Crippen molar-refractivity contribution < 1.29 is 4.39 Å². The van der Waals surface area contributed by atoms with Crippen LogP contribution in [0.3, 0.4) is 0 Å². The Morgan fingerprint density at radius 3 is 2.43 bits per heavy atom. The van der Waals surface area contributed by atoms with Crippen LogP contribution in [0.5, 0.6) is 0 Å². The number of aryl methyl sites for hydroxylation is 2. The largest absolute Gasteiger partial charge is 0.369 e. The van der Waals surface area contributed by atoms with Crippen molar-refractivity contribution in [3.8, 4) is 6.07 Å². The summed E-state index contributed by atoms with van der Waals surface area (Å²) >= 11 is 6.23. The number of hydrogen-bond acceptors (Lipinski definition) is 6. The molecule has 0 spiro atoms. The van der Waals surface area contributed by atoms with Gasteiger partial charge in [0.25, 0.3) is 5.56 Å². The van der Waals surface area contributed by atoms with Crippen LogP contribution in [0.15, 0.2) is 29.1 Å². The highest BCUT2D eigenvalue weighted by Gasteiger charge is 2.33. The van der Waals surface area contributed by atoms with Crippen LogP contribution in [-0.4, -0.2) is 40.2 Å². The van der Waals surface area contributed by atoms with Gasteiger partial charge in [-0.15, -0.1) is 0 Å². The Morgan fingerprint density at radius 1 is 1.11 bits per heavy atom. The Labute approximate surface area is 221 Å². The number of nitriles is 1. The molecule has 0 saturated heterocycles. The monoisotopic (exact) mass is 522 g/mol. The Morgan fingerprint density at radius 2 is 1.81 bits per heavy atom. The highest BCUT2D eigenvalue weighted by atomic mass is 35.5. The van der Waals surface area contributed by atoms with Gasteiger partial charge in [0.05, 0.1) is 22.6 Å². The van der Waals surface area contributed by atoms with E-state index in [2.05, 4.69) is 25.8 Å². The van der Waals surface area contributed by atoms with Crippen LogP contribution in [-0.2, 0) is 7.05 Å². The van der Waals surface area contributed by atoms with Crippen molar-refractivity contribution in [1.29, 1.82) is 5.26 Å². The maximum Gasteiger partial charge on any atom is 0.270 e. The molecule has 0 amide bonds. The van der Waals surface area contributed by atoms with Crippen LogP contribution in [0, 0.1) is 30.1 Å². The van der Waals surface area contributed by atoms with E-state index in [1.807, 2.05) is 20.0 Å². The molecule has 0 aliphatic heterocycles. The fourth-order valence-electron chi connectivity index (χ4n) is 5.98. The molecule has 37 heavy (non-hydrogen) atoms. The van der Waals surface area contributed by atoms with Gasteiger partial charge in [0.2, 0.25) is 5.95 Å². The van der Waals surface area contributed by atoms with Crippen molar-refractivity contribution in [3.05, 3.63) is 57.0 Å². The number of nitrogens with zero attached hydrogens (tertiary/aromatic N) is 6. The van der Waals surface area contributed by atoms with E-state index >= 15 is 0 Å². The smallest absolute Gasteiger partial charge is 0.270 e. The lowest BCUT2D eigenvalue weighted by Gasteiger charge is -2.44. The van der Waals surface area contributed by atoms with E-state index in [9.17, 15) is 14.4 Å². The lowest BCUT2D eigenvalue weighted by atomic mass is 9.83. The van der Waals surface area contributed by atoms with Gasteiger partial charge in [-0.05, 0) is 75.6 Å². The molecule has 9 heteroatoms. The molecule has 5 rings (SSSR count). The van der Waals surface area contributed by atoms with E-state index in [0.717, 1.165) is 43.6 Å². The standard InChI is InChI=1S/C28H32ClFN6O/c1-17-22(12-14-25(30)32-17)36(16-18-5-4-6-18)20-9-7-19(8-10-20)34(2)27-21(15-31)28(37)35(3)23-11-13-24(29)33-26(23)27/h11-14,18-20H,4-10,16H2,1-3H3/t19-,20-.